The lowest BCUT2D eigenvalue weighted by Gasteiger charge is -2.19. The zero-order chi connectivity index (χ0) is 16.1. The molecule has 2 rings (SSSR count). The highest BCUT2D eigenvalue weighted by molar-refractivity contribution is 5.79. The van der Waals surface area contributed by atoms with Crippen molar-refractivity contribution in [3.05, 3.63) is 69.3 Å². The van der Waals surface area contributed by atoms with Crippen LogP contribution in [0.5, 0.6) is 0 Å². The van der Waals surface area contributed by atoms with Crippen LogP contribution in [0.2, 0.25) is 0 Å². The van der Waals surface area contributed by atoms with E-state index in [9.17, 15) is 14.9 Å². The van der Waals surface area contributed by atoms with Gasteiger partial charge in [0.2, 0.25) is 0 Å². The van der Waals surface area contributed by atoms with E-state index in [4.69, 9.17) is 0 Å². The minimum atomic E-state index is -0.475. The maximum Gasteiger partial charge on any atom is 0.293 e. The summed E-state index contributed by atoms with van der Waals surface area (Å²) in [5.41, 5.74) is 2.86. The molecule has 0 aliphatic heterocycles. The molecule has 0 aliphatic rings. The summed E-state index contributed by atoms with van der Waals surface area (Å²) in [5.74, 6) is 0. The van der Waals surface area contributed by atoms with Gasteiger partial charge < -0.3 is 5.32 Å². The molecular weight excluding hydrogens is 280 g/mol. The van der Waals surface area contributed by atoms with Crippen LogP contribution in [0.4, 0.5) is 11.4 Å². The fourth-order valence-corrected chi connectivity index (χ4v) is 2.30. The van der Waals surface area contributed by atoms with Crippen LogP contribution < -0.4 is 5.32 Å². The second-order valence-electron chi connectivity index (χ2n) is 5.17. The predicted octanol–water partition coefficient (Wildman–Crippen LogP) is 4.28. The molecule has 2 aromatic carbocycles. The number of nitro groups is 1. The van der Waals surface area contributed by atoms with Crippen LogP contribution >= 0.6 is 0 Å². The van der Waals surface area contributed by atoms with Crippen LogP contribution in [0.25, 0.3) is 0 Å². The van der Waals surface area contributed by atoms with Crippen molar-refractivity contribution in [2.45, 2.75) is 26.3 Å². The first-order valence-corrected chi connectivity index (χ1v) is 7.12. The molecule has 0 heterocycles. The van der Waals surface area contributed by atoms with Crippen molar-refractivity contribution in [1.29, 1.82) is 0 Å². The van der Waals surface area contributed by atoms with Crippen molar-refractivity contribution in [2.24, 2.45) is 0 Å². The van der Waals surface area contributed by atoms with E-state index < -0.39 is 4.92 Å². The summed E-state index contributed by atoms with van der Waals surface area (Å²) >= 11 is 0. The fourth-order valence-electron chi connectivity index (χ4n) is 2.30. The third-order valence-corrected chi connectivity index (χ3v) is 3.57. The van der Waals surface area contributed by atoms with Crippen LogP contribution in [0.15, 0.2) is 42.5 Å². The highest BCUT2D eigenvalue weighted by Gasteiger charge is 2.18. The lowest BCUT2D eigenvalue weighted by atomic mass is 10.0. The quantitative estimate of drug-likeness (QED) is 0.491. The third-order valence-electron chi connectivity index (χ3n) is 3.57. The smallest absolute Gasteiger partial charge is 0.293 e. The molecule has 114 valence electrons. The van der Waals surface area contributed by atoms with Gasteiger partial charge in [0.1, 0.15) is 12.0 Å². The molecule has 0 saturated heterocycles. The van der Waals surface area contributed by atoms with Gasteiger partial charge in [-0.3, -0.25) is 14.9 Å². The highest BCUT2D eigenvalue weighted by Crippen LogP contribution is 2.30. The van der Waals surface area contributed by atoms with Crippen molar-refractivity contribution in [2.75, 3.05) is 5.32 Å². The van der Waals surface area contributed by atoms with Crippen LogP contribution in [0.3, 0.4) is 0 Å². The fraction of sp³-hybridized carbons (Fsp3) is 0.235. The lowest BCUT2D eigenvalue weighted by molar-refractivity contribution is -0.384. The van der Waals surface area contributed by atoms with E-state index in [0.29, 0.717) is 17.5 Å². The molecule has 0 saturated carbocycles. The molecule has 0 bridgehead atoms. The van der Waals surface area contributed by atoms with Gasteiger partial charge in [-0.25, -0.2) is 0 Å². The van der Waals surface area contributed by atoms with Crippen molar-refractivity contribution in [3.8, 4) is 0 Å². The molecule has 0 aliphatic carbocycles. The van der Waals surface area contributed by atoms with Gasteiger partial charge in [-0.15, -0.1) is 0 Å². The van der Waals surface area contributed by atoms with Gasteiger partial charge >= 0.3 is 0 Å². The second-order valence-corrected chi connectivity index (χ2v) is 5.17. The van der Waals surface area contributed by atoms with Crippen molar-refractivity contribution >= 4 is 17.7 Å². The molecule has 1 atom stereocenters. The van der Waals surface area contributed by atoms with E-state index in [1.165, 1.54) is 11.6 Å². The van der Waals surface area contributed by atoms with Crippen LogP contribution in [-0.4, -0.2) is 11.2 Å². The monoisotopic (exact) mass is 298 g/mol. The Kier molecular flexibility index (Phi) is 4.88. The van der Waals surface area contributed by atoms with Gasteiger partial charge in [-0.05, 0) is 31.0 Å². The minimum absolute atomic E-state index is 0.0265. The molecule has 0 fully saturated rings. The zero-order valence-corrected chi connectivity index (χ0v) is 12.6. The average molecular weight is 298 g/mol. The largest absolute Gasteiger partial charge is 0.373 e. The first-order valence-electron chi connectivity index (χ1n) is 7.12. The van der Waals surface area contributed by atoms with Gasteiger partial charge in [0, 0.05) is 11.6 Å². The SMILES string of the molecule is CC[C@H](Nc1ccc(C=O)cc1[N+](=O)[O-])c1ccc(C)cc1. The normalized spacial score (nSPS) is 11.7. The molecule has 0 amide bonds. The second kappa shape index (κ2) is 6.85. The Morgan fingerprint density at radius 3 is 2.45 bits per heavy atom. The molecular formula is C17H18N2O3. The summed E-state index contributed by atoms with van der Waals surface area (Å²) in [6.07, 6.45) is 1.39. The third kappa shape index (κ3) is 3.49. The van der Waals surface area contributed by atoms with E-state index in [-0.39, 0.29) is 11.7 Å². The number of nitrogens with zero attached hydrogens (tertiary/aromatic N) is 1. The zero-order valence-electron chi connectivity index (χ0n) is 12.6. The molecule has 22 heavy (non-hydrogen) atoms. The molecule has 0 spiro atoms. The van der Waals surface area contributed by atoms with Crippen molar-refractivity contribution in [3.63, 3.8) is 0 Å². The number of nitrogens with one attached hydrogen (secondary N) is 1. The molecule has 1 N–H and O–H groups in total. The number of aldehydes is 1. The first kappa shape index (κ1) is 15.7. The summed E-state index contributed by atoms with van der Waals surface area (Å²) < 4.78 is 0. The average Bonchev–Trinajstić information content (AvgIpc) is 2.53. The van der Waals surface area contributed by atoms with E-state index in [1.54, 1.807) is 12.1 Å². The van der Waals surface area contributed by atoms with Crippen LogP contribution in [-0.2, 0) is 0 Å². The minimum Gasteiger partial charge on any atom is -0.373 e. The van der Waals surface area contributed by atoms with Gasteiger partial charge in [0.05, 0.1) is 11.0 Å². The predicted molar refractivity (Wildman–Crippen MR) is 86.3 cm³/mol. The summed E-state index contributed by atoms with van der Waals surface area (Å²) in [4.78, 5) is 21.5. The Hall–Kier alpha value is -2.69. The Labute approximate surface area is 129 Å². The van der Waals surface area contributed by atoms with Crippen LogP contribution in [0.1, 0.15) is 40.9 Å². The molecule has 0 aromatic heterocycles. The standard InChI is InChI=1S/C17H18N2O3/c1-3-15(14-7-4-12(2)5-8-14)18-16-9-6-13(11-20)10-17(16)19(21)22/h4-11,15,18H,3H2,1-2H3/t15-/m0/s1. The Morgan fingerprint density at radius 1 is 1.23 bits per heavy atom. The van der Waals surface area contributed by atoms with E-state index in [2.05, 4.69) is 5.32 Å². The Balaban J connectivity index is 2.33. The maximum atomic E-state index is 11.2. The number of aryl methyl sites for hydroxylation is 1. The van der Waals surface area contributed by atoms with Gasteiger partial charge in [-0.2, -0.15) is 0 Å². The summed E-state index contributed by atoms with van der Waals surface area (Å²) in [6.45, 7) is 4.03. The topological polar surface area (TPSA) is 72.2 Å². The number of hydrogen-bond donors (Lipinski definition) is 1. The highest BCUT2D eigenvalue weighted by atomic mass is 16.6. The number of rotatable bonds is 6. The number of anilines is 1. The van der Waals surface area contributed by atoms with E-state index >= 15 is 0 Å². The van der Waals surface area contributed by atoms with Gasteiger partial charge in [0.15, 0.2) is 0 Å². The Bertz CT molecular complexity index is 681. The number of hydrogen-bond acceptors (Lipinski definition) is 4. The lowest BCUT2D eigenvalue weighted by Crippen LogP contribution is -2.11. The Morgan fingerprint density at radius 2 is 1.91 bits per heavy atom. The maximum absolute atomic E-state index is 11.2. The van der Waals surface area contributed by atoms with E-state index in [1.807, 2.05) is 38.1 Å². The number of benzene rings is 2. The number of carbonyl (C=O) groups is 1. The molecule has 0 radical (unpaired) electrons. The summed E-state index contributed by atoms with van der Waals surface area (Å²) in [6, 6.07) is 12.5. The molecule has 2 aromatic rings. The molecule has 5 nitrogen and oxygen atoms in total. The first-order chi connectivity index (χ1) is 10.5. The number of carbonyl (C=O) groups excluding carboxylic acids is 1. The van der Waals surface area contributed by atoms with Crippen LogP contribution in [0, 0.1) is 17.0 Å². The number of nitro benzene ring substituents is 1. The molecule has 5 heteroatoms. The summed E-state index contributed by atoms with van der Waals surface area (Å²) in [5, 5.41) is 14.4. The van der Waals surface area contributed by atoms with Crippen molar-refractivity contribution < 1.29 is 9.72 Å². The van der Waals surface area contributed by atoms with Gasteiger partial charge in [-0.1, -0.05) is 36.8 Å². The van der Waals surface area contributed by atoms with E-state index in [0.717, 1.165) is 12.0 Å². The summed E-state index contributed by atoms with van der Waals surface area (Å²) in [7, 11) is 0. The van der Waals surface area contributed by atoms with Gasteiger partial charge in [0.25, 0.3) is 5.69 Å². The van der Waals surface area contributed by atoms with Crippen molar-refractivity contribution in [1.82, 2.24) is 0 Å². The molecule has 0 unspecified atom stereocenters.